The van der Waals surface area contributed by atoms with E-state index >= 15 is 0 Å². The van der Waals surface area contributed by atoms with Crippen molar-refractivity contribution in [3.05, 3.63) is 72.1 Å². The molecule has 2 aromatic carbocycles. The van der Waals surface area contributed by atoms with Crippen LogP contribution in [0.25, 0.3) is 21.8 Å². The van der Waals surface area contributed by atoms with Crippen molar-refractivity contribution < 1.29 is 23.9 Å². The average molecular weight is 603 g/mol. The summed E-state index contributed by atoms with van der Waals surface area (Å²) in [6, 6.07) is 14.4. The first-order valence-electron chi connectivity index (χ1n) is 14.6. The van der Waals surface area contributed by atoms with Gasteiger partial charge in [-0.25, -0.2) is 4.79 Å². The molecule has 2 atom stereocenters. The Balaban J connectivity index is 1.60. The maximum Gasteiger partial charge on any atom is 0.410 e. The van der Waals surface area contributed by atoms with E-state index in [0.29, 0.717) is 6.42 Å². The number of aromatic nitrogens is 2. The van der Waals surface area contributed by atoms with E-state index in [1.807, 2.05) is 60.9 Å². The second kappa shape index (κ2) is 12.8. The van der Waals surface area contributed by atoms with Crippen molar-refractivity contribution in [1.29, 1.82) is 0 Å². The third-order valence-electron chi connectivity index (χ3n) is 7.58. The summed E-state index contributed by atoms with van der Waals surface area (Å²) >= 11 is 0. The lowest BCUT2D eigenvalue weighted by Crippen LogP contribution is -2.61. The zero-order valence-electron chi connectivity index (χ0n) is 26.3. The number of H-pyrrole nitrogens is 2. The molecule has 0 fully saturated rings. The predicted molar refractivity (Wildman–Crippen MR) is 170 cm³/mol. The van der Waals surface area contributed by atoms with Crippen LogP contribution in [0.2, 0.25) is 0 Å². The number of hydrogen-bond acceptors (Lipinski definition) is 5. The van der Waals surface area contributed by atoms with E-state index in [2.05, 4.69) is 25.9 Å². The number of amides is 4. The molecule has 2 heterocycles. The number of carbonyl (C=O) groups excluding carboxylic acids is 4. The van der Waals surface area contributed by atoms with Gasteiger partial charge in [0.2, 0.25) is 17.7 Å². The first kappa shape index (κ1) is 32.1. The molecule has 11 heteroatoms. The maximum absolute atomic E-state index is 13.9. The molecular weight excluding hydrogens is 560 g/mol. The first-order chi connectivity index (χ1) is 20.7. The van der Waals surface area contributed by atoms with Gasteiger partial charge in [0.25, 0.3) is 0 Å². The number of aromatic amines is 2. The Morgan fingerprint density at radius 2 is 1.32 bits per heavy atom. The number of fused-ring (bicyclic) bond motifs is 2. The van der Waals surface area contributed by atoms with E-state index in [-0.39, 0.29) is 12.3 Å². The van der Waals surface area contributed by atoms with Gasteiger partial charge in [-0.2, -0.15) is 0 Å². The van der Waals surface area contributed by atoms with Gasteiger partial charge in [0.1, 0.15) is 23.3 Å². The molecule has 4 aromatic rings. The molecule has 0 saturated heterocycles. The summed E-state index contributed by atoms with van der Waals surface area (Å²) < 4.78 is 5.47. The first-order valence-corrected chi connectivity index (χ1v) is 14.6. The molecule has 0 saturated carbocycles. The fourth-order valence-corrected chi connectivity index (χ4v) is 4.95. The Morgan fingerprint density at radius 1 is 0.795 bits per heavy atom. The fourth-order valence-electron chi connectivity index (χ4n) is 4.95. The molecule has 0 aliphatic heterocycles. The quantitative estimate of drug-likeness (QED) is 0.173. The molecule has 4 rings (SSSR count). The van der Waals surface area contributed by atoms with Crippen molar-refractivity contribution in [2.24, 2.45) is 0 Å². The highest BCUT2D eigenvalue weighted by molar-refractivity contribution is 5.94. The Morgan fingerprint density at radius 3 is 1.84 bits per heavy atom. The molecule has 0 unspecified atom stereocenters. The summed E-state index contributed by atoms with van der Waals surface area (Å²) in [5.74, 6) is -1.34. The number of nitrogens with zero attached hydrogens (tertiary/aromatic N) is 1. The van der Waals surface area contributed by atoms with Crippen LogP contribution >= 0.6 is 0 Å². The number of carbonyl (C=O) groups is 4. The standard InChI is InChI=1S/C33H42N6O5/c1-20(40)36-28(17-22-19-35-26-15-11-9-13-24(22)26)38-29(41)27(16-21-18-34-25-14-10-8-12-23(21)25)37-30(42)33(5,6)39(7)31(43)44-32(2,3)4/h8-15,18-19,27-28,34-35H,16-17H2,1-7H3,(H,36,40)(H,37,42)(H,38,41)/t27-,28-/m1/s1. The Bertz CT molecular complexity index is 1660. The minimum Gasteiger partial charge on any atom is -0.444 e. The minimum absolute atomic E-state index is 0.160. The van der Waals surface area contributed by atoms with Gasteiger partial charge < -0.3 is 30.7 Å². The van der Waals surface area contributed by atoms with Crippen LogP contribution in [-0.4, -0.2) is 69.1 Å². The van der Waals surface area contributed by atoms with Crippen LogP contribution in [0, 0.1) is 0 Å². The van der Waals surface area contributed by atoms with Gasteiger partial charge in [-0.3, -0.25) is 19.3 Å². The molecule has 2 aromatic heterocycles. The van der Waals surface area contributed by atoms with Crippen molar-refractivity contribution in [2.45, 2.75) is 77.7 Å². The lowest BCUT2D eigenvalue weighted by molar-refractivity contribution is -0.135. The molecule has 11 nitrogen and oxygen atoms in total. The molecule has 0 spiro atoms. The van der Waals surface area contributed by atoms with E-state index in [4.69, 9.17) is 4.74 Å². The van der Waals surface area contributed by atoms with Crippen LogP contribution in [-0.2, 0) is 32.0 Å². The molecule has 44 heavy (non-hydrogen) atoms. The number of benzene rings is 2. The number of ether oxygens (including phenoxy) is 1. The summed E-state index contributed by atoms with van der Waals surface area (Å²) in [5.41, 5.74) is 1.47. The third-order valence-corrected chi connectivity index (χ3v) is 7.58. The summed E-state index contributed by atoms with van der Waals surface area (Å²) in [4.78, 5) is 60.3. The van der Waals surface area contributed by atoms with Crippen LogP contribution in [0.1, 0.15) is 52.7 Å². The molecule has 0 radical (unpaired) electrons. The van der Waals surface area contributed by atoms with E-state index in [0.717, 1.165) is 32.9 Å². The lowest BCUT2D eigenvalue weighted by atomic mass is 9.99. The summed E-state index contributed by atoms with van der Waals surface area (Å²) in [6.45, 7) is 9.79. The predicted octanol–water partition coefficient (Wildman–Crippen LogP) is 4.14. The smallest absolute Gasteiger partial charge is 0.410 e. The van der Waals surface area contributed by atoms with Gasteiger partial charge in [-0.05, 0) is 57.9 Å². The van der Waals surface area contributed by atoms with E-state index in [1.165, 1.54) is 18.9 Å². The van der Waals surface area contributed by atoms with Crippen molar-refractivity contribution in [3.63, 3.8) is 0 Å². The van der Waals surface area contributed by atoms with Gasteiger partial charge in [0.05, 0.1) is 0 Å². The van der Waals surface area contributed by atoms with Crippen molar-refractivity contribution in [2.75, 3.05) is 7.05 Å². The Kier molecular flexibility index (Phi) is 9.36. The third kappa shape index (κ3) is 7.58. The van der Waals surface area contributed by atoms with Gasteiger partial charge in [0.15, 0.2) is 0 Å². The molecule has 0 aliphatic carbocycles. The topological polar surface area (TPSA) is 148 Å². The number of likely N-dealkylation sites (N-methyl/N-ethyl adjacent to an activating group) is 1. The largest absolute Gasteiger partial charge is 0.444 e. The number of hydrogen-bond donors (Lipinski definition) is 5. The Labute approximate surface area is 257 Å². The highest BCUT2D eigenvalue weighted by Crippen LogP contribution is 2.22. The number of rotatable bonds is 10. The maximum atomic E-state index is 13.9. The molecule has 0 aliphatic rings. The zero-order valence-corrected chi connectivity index (χ0v) is 26.3. The SMILES string of the molecule is CC(=O)N[C@@H](Cc1c[nH]c2ccccc12)NC(=O)[C@@H](Cc1c[nH]c2ccccc12)NC(=O)C(C)(C)N(C)C(=O)OC(C)(C)C. The van der Waals surface area contributed by atoms with E-state index < -0.39 is 41.3 Å². The van der Waals surface area contributed by atoms with Gasteiger partial charge in [-0.1, -0.05) is 36.4 Å². The van der Waals surface area contributed by atoms with Crippen LogP contribution in [0.4, 0.5) is 4.79 Å². The second-order valence-electron chi connectivity index (χ2n) is 12.5. The summed E-state index contributed by atoms with van der Waals surface area (Å²) in [7, 11) is 1.48. The average Bonchev–Trinajstić information content (AvgIpc) is 3.55. The van der Waals surface area contributed by atoms with Crippen molar-refractivity contribution in [1.82, 2.24) is 30.8 Å². The molecular formula is C33H42N6O5. The summed E-state index contributed by atoms with van der Waals surface area (Å²) in [5, 5.41) is 10.5. The molecule has 4 amide bonds. The van der Waals surface area contributed by atoms with E-state index in [9.17, 15) is 19.2 Å². The lowest BCUT2D eigenvalue weighted by Gasteiger charge is -2.36. The second-order valence-corrected chi connectivity index (χ2v) is 12.5. The Hall–Kier alpha value is -4.80. The van der Waals surface area contributed by atoms with Crippen LogP contribution in [0.15, 0.2) is 60.9 Å². The molecule has 234 valence electrons. The van der Waals surface area contributed by atoms with Gasteiger partial charge in [-0.15, -0.1) is 0 Å². The number of para-hydroxylation sites is 2. The molecule has 5 N–H and O–H groups in total. The molecule has 0 bridgehead atoms. The van der Waals surface area contributed by atoms with Crippen LogP contribution in [0.5, 0.6) is 0 Å². The highest BCUT2D eigenvalue weighted by Gasteiger charge is 2.39. The van der Waals surface area contributed by atoms with Crippen LogP contribution in [0.3, 0.4) is 0 Å². The van der Waals surface area contributed by atoms with E-state index in [1.54, 1.807) is 34.6 Å². The van der Waals surface area contributed by atoms with Gasteiger partial charge in [0, 0.05) is 61.0 Å². The monoisotopic (exact) mass is 602 g/mol. The highest BCUT2D eigenvalue weighted by atomic mass is 16.6. The summed E-state index contributed by atoms with van der Waals surface area (Å²) in [6.07, 6.45) is 2.72. The van der Waals surface area contributed by atoms with Crippen molar-refractivity contribution >= 4 is 45.6 Å². The van der Waals surface area contributed by atoms with Crippen molar-refractivity contribution in [3.8, 4) is 0 Å². The van der Waals surface area contributed by atoms with Gasteiger partial charge >= 0.3 is 6.09 Å². The zero-order chi connectivity index (χ0) is 32.2. The normalized spacial score (nSPS) is 13.2. The number of nitrogens with one attached hydrogen (secondary N) is 5. The minimum atomic E-state index is -1.36. The van der Waals surface area contributed by atoms with Crippen LogP contribution < -0.4 is 16.0 Å². The fraction of sp³-hybridized carbons (Fsp3) is 0.394.